The van der Waals surface area contributed by atoms with Gasteiger partial charge in [0.15, 0.2) is 9.84 Å². The molecule has 1 fully saturated rings. The Morgan fingerprint density at radius 1 is 1.29 bits per heavy atom. The molecule has 0 radical (unpaired) electrons. The highest BCUT2D eigenvalue weighted by Gasteiger charge is 2.27. The predicted octanol–water partition coefficient (Wildman–Crippen LogP) is 1.65. The number of nitrogens with zero attached hydrogens (tertiary/aromatic N) is 2. The summed E-state index contributed by atoms with van der Waals surface area (Å²) in [5, 5.41) is 7.24. The number of aromatic nitrogens is 2. The van der Waals surface area contributed by atoms with Crippen LogP contribution < -0.4 is 5.32 Å². The van der Waals surface area contributed by atoms with E-state index in [4.69, 9.17) is 0 Å². The zero-order chi connectivity index (χ0) is 17.3. The second kappa shape index (κ2) is 6.39. The molecule has 2 heterocycles. The van der Waals surface area contributed by atoms with Crippen LogP contribution in [0.1, 0.15) is 28.2 Å². The summed E-state index contributed by atoms with van der Waals surface area (Å²) in [6.45, 7) is 4.32. The van der Waals surface area contributed by atoms with Gasteiger partial charge in [0.2, 0.25) is 0 Å². The first kappa shape index (κ1) is 16.7. The highest BCUT2D eigenvalue weighted by atomic mass is 32.2. The van der Waals surface area contributed by atoms with Gasteiger partial charge in [0.1, 0.15) is 0 Å². The van der Waals surface area contributed by atoms with Crippen LogP contribution in [0.3, 0.4) is 0 Å². The minimum absolute atomic E-state index is 0.0212. The van der Waals surface area contributed by atoms with E-state index in [1.54, 1.807) is 12.1 Å². The SMILES string of the molecule is Cc1cc(C)n(-c2ccc(C(=O)NC[C@H]3CCS(=O)(=O)C3)cc2)n1. The average molecular weight is 347 g/mol. The summed E-state index contributed by atoms with van der Waals surface area (Å²) in [6, 6.07) is 9.22. The molecule has 0 bridgehead atoms. The highest BCUT2D eigenvalue weighted by Crippen LogP contribution is 2.18. The minimum Gasteiger partial charge on any atom is -0.352 e. The lowest BCUT2D eigenvalue weighted by molar-refractivity contribution is 0.0948. The molecule has 0 spiro atoms. The van der Waals surface area contributed by atoms with Crippen molar-refractivity contribution in [3.63, 3.8) is 0 Å². The van der Waals surface area contributed by atoms with Crippen molar-refractivity contribution in [2.45, 2.75) is 20.3 Å². The quantitative estimate of drug-likeness (QED) is 0.912. The number of hydrogen-bond acceptors (Lipinski definition) is 4. The molecule has 0 saturated carbocycles. The van der Waals surface area contributed by atoms with Gasteiger partial charge in [0.25, 0.3) is 5.91 Å². The Kier molecular flexibility index (Phi) is 4.45. The largest absolute Gasteiger partial charge is 0.352 e. The van der Waals surface area contributed by atoms with Gasteiger partial charge >= 0.3 is 0 Å². The van der Waals surface area contributed by atoms with Gasteiger partial charge in [0.05, 0.1) is 22.9 Å². The zero-order valence-electron chi connectivity index (χ0n) is 13.8. The molecule has 0 unspecified atom stereocenters. The molecule has 1 aromatic heterocycles. The number of amides is 1. The minimum atomic E-state index is -2.91. The first-order chi connectivity index (χ1) is 11.3. The van der Waals surface area contributed by atoms with Crippen LogP contribution in [0, 0.1) is 19.8 Å². The zero-order valence-corrected chi connectivity index (χ0v) is 14.6. The lowest BCUT2D eigenvalue weighted by Gasteiger charge is -2.10. The van der Waals surface area contributed by atoms with Gasteiger partial charge in [-0.2, -0.15) is 5.10 Å². The van der Waals surface area contributed by atoms with Crippen LogP contribution in [-0.2, 0) is 9.84 Å². The first-order valence-corrected chi connectivity index (χ1v) is 9.78. The van der Waals surface area contributed by atoms with E-state index in [0.29, 0.717) is 18.5 Å². The Balaban J connectivity index is 1.63. The number of nitrogens with one attached hydrogen (secondary N) is 1. The summed E-state index contributed by atoms with van der Waals surface area (Å²) in [4.78, 5) is 12.2. The molecule has 1 aromatic carbocycles. The van der Waals surface area contributed by atoms with Crippen LogP contribution in [0.2, 0.25) is 0 Å². The van der Waals surface area contributed by atoms with E-state index in [0.717, 1.165) is 17.1 Å². The van der Waals surface area contributed by atoms with Crippen LogP contribution in [-0.4, -0.2) is 42.2 Å². The predicted molar refractivity (Wildman–Crippen MR) is 92.1 cm³/mol. The summed E-state index contributed by atoms with van der Waals surface area (Å²) in [7, 11) is -2.91. The number of carbonyl (C=O) groups is 1. The number of hydrogen-bond donors (Lipinski definition) is 1. The fourth-order valence-electron chi connectivity index (χ4n) is 3.02. The molecule has 1 N–H and O–H groups in total. The van der Waals surface area contributed by atoms with Gasteiger partial charge in [-0.15, -0.1) is 0 Å². The topological polar surface area (TPSA) is 81.1 Å². The van der Waals surface area contributed by atoms with E-state index in [9.17, 15) is 13.2 Å². The van der Waals surface area contributed by atoms with Gasteiger partial charge < -0.3 is 5.32 Å². The van der Waals surface area contributed by atoms with E-state index in [-0.39, 0.29) is 23.3 Å². The van der Waals surface area contributed by atoms with Crippen LogP contribution in [0.25, 0.3) is 5.69 Å². The molecule has 1 atom stereocenters. The molecule has 128 valence electrons. The molecule has 7 heteroatoms. The van der Waals surface area contributed by atoms with Crippen molar-refractivity contribution in [3.05, 3.63) is 47.3 Å². The second-order valence-electron chi connectivity index (χ2n) is 6.36. The number of carbonyl (C=O) groups excluding carboxylic acids is 1. The summed E-state index contributed by atoms with van der Waals surface area (Å²) in [6.07, 6.45) is 0.624. The maximum Gasteiger partial charge on any atom is 0.251 e. The highest BCUT2D eigenvalue weighted by molar-refractivity contribution is 7.91. The van der Waals surface area contributed by atoms with Crippen molar-refractivity contribution in [3.8, 4) is 5.69 Å². The third-order valence-electron chi connectivity index (χ3n) is 4.26. The monoisotopic (exact) mass is 347 g/mol. The number of aryl methyl sites for hydroxylation is 2. The Labute approximate surface area is 141 Å². The maximum absolute atomic E-state index is 12.2. The molecule has 24 heavy (non-hydrogen) atoms. The van der Waals surface area contributed by atoms with Crippen molar-refractivity contribution in [1.29, 1.82) is 0 Å². The molecule has 1 amide bonds. The molecular weight excluding hydrogens is 326 g/mol. The molecule has 1 saturated heterocycles. The smallest absolute Gasteiger partial charge is 0.251 e. The van der Waals surface area contributed by atoms with Crippen LogP contribution in [0.4, 0.5) is 0 Å². The van der Waals surface area contributed by atoms with E-state index < -0.39 is 9.84 Å². The van der Waals surface area contributed by atoms with Crippen molar-refractivity contribution in [2.24, 2.45) is 5.92 Å². The van der Waals surface area contributed by atoms with E-state index in [1.807, 2.05) is 36.7 Å². The Bertz CT molecular complexity index is 854. The Morgan fingerprint density at radius 3 is 2.54 bits per heavy atom. The molecule has 3 rings (SSSR count). The average Bonchev–Trinajstić information content (AvgIpc) is 3.06. The molecule has 1 aliphatic heterocycles. The fraction of sp³-hybridized carbons (Fsp3) is 0.412. The van der Waals surface area contributed by atoms with E-state index in [2.05, 4.69) is 10.4 Å². The molecule has 2 aromatic rings. The van der Waals surface area contributed by atoms with Crippen LogP contribution in [0.15, 0.2) is 30.3 Å². The molecule has 1 aliphatic rings. The fourth-order valence-corrected chi connectivity index (χ4v) is 4.88. The summed E-state index contributed by atoms with van der Waals surface area (Å²) < 4.78 is 24.7. The van der Waals surface area contributed by atoms with Gasteiger partial charge in [0, 0.05) is 17.8 Å². The van der Waals surface area contributed by atoms with Crippen LogP contribution >= 0.6 is 0 Å². The lowest BCUT2D eigenvalue weighted by Crippen LogP contribution is -2.29. The third-order valence-corrected chi connectivity index (χ3v) is 6.10. The molecular formula is C17H21N3O3S. The van der Waals surface area contributed by atoms with Crippen molar-refractivity contribution in [2.75, 3.05) is 18.1 Å². The number of benzene rings is 1. The number of rotatable bonds is 4. The third kappa shape index (κ3) is 3.67. The molecule has 6 nitrogen and oxygen atoms in total. The van der Waals surface area contributed by atoms with Gasteiger partial charge in [-0.05, 0) is 56.5 Å². The Hall–Kier alpha value is -2.15. The first-order valence-electron chi connectivity index (χ1n) is 7.96. The van der Waals surface area contributed by atoms with Crippen molar-refractivity contribution in [1.82, 2.24) is 15.1 Å². The maximum atomic E-state index is 12.2. The summed E-state index contributed by atoms with van der Waals surface area (Å²) >= 11 is 0. The standard InChI is InChI=1S/C17H21N3O3S/c1-12-9-13(2)20(19-12)16-5-3-15(4-6-16)17(21)18-10-14-7-8-24(22,23)11-14/h3-6,9,14H,7-8,10-11H2,1-2H3,(H,18,21)/t14-/m1/s1. The van der Waals surface area contributed by atoms with Crippen molar-refractivity contribution < 1.29 is 13.2 Å². The van der Waals surface area contributed by atoms with E-state index in [1.165, 1.54) is 0 Å². The van der Waals surface area contributed by atoms with Gasteiger partial charge in [-0.25, -0.2) is 13.1 Å². The number of sulfone groups is 1. The van der Waals surface area contributed by atoms with E-state index >= 15 is 0 Å². The van der Waals surface area contributed by atoms with Gasteiger partial charge in [-0.1, -0.05) is 0 Å². The van der Waals surface area contributed by atoms with Crippen molar-refractivity contribution >= 4 is 15.7 Å². The molecule has 0 aliphatic carbocycles. The second-order valence-corrected chi connectivity index (χ2v) is 8.59. The Morgan fingerprint density at radius 2 is 2.00 bits per heavy atom. The lowest BCUT2D eigenvalue weighted by atomic mass is 10.1. The van der Waals surface area contributed by atoms with Crippen LogP contribution in [0.5, 0.6) is 0 Å². The van der Waals surface area contributed by atoms with Gasteiger partial charge in [-0.3, -0.25) is 4.79 Å². The normalized spacial score (nSPS) is 19.3. The summed E-state index contributed by atoms with van der Waals surface area (Å²) in [5.74, 6) is 0.238. The summed E-state index contributed by atoms with van der Waals surface area (Å²) in [5.41, 5.74) is 3.44.